The summed E-state index contributed by atoms with van der Waals surface area (Å²) in [6.07, 6.45) is 8.39. The number of anilines is 1. The van der Waals surface area contributed by atoms with Crippen molar-refractivity contribution in [1.29, 1.82) is 0 Å². The largest absolute Gasteiger partial charge is 0.385 e. The van der Waals surface area contributed by atoms with E-state index in [1.807, 2.05) is 28.7 Å². The standard InChI is InChI=1S/C14H19N3S/c1-18-12-3-2-9-15-13-5-7-14(8-6-13)17-11-4-10-16-17/h4-8,10-11,15H,2-3,9,12H2,1H3. The van der Waals surface area contributed by atoms with Crippen LogP contribution < -0.4 is 5.32 Å². The molecule has 0 atom stereocenters. The first-order valence-corrected chi connectivity index (χ1v) is 7.62. The zero-order valence-corrected chi connectivity index (χ0v) is 11.5. The van der Waals surface area contributed by atoms with Gasteiger partial charge in [-0.05, 0) is 55.2 Å². The van der Waals surface area contributed by atoms with Crippen LogP contribution in [0.3, 0.4) is 0 Å². The third-order valence-corrected chi connectivity index (χ3v) is 3.44. The van der Waals surface area contributed by atoms with Crippen molar-refractivity contribution < 1.29 is 0 Å². The highest BCUT2D eigenvalue weighted by molar-refractivity contribution is 7.98. The van der Waals surface area contributed by atoms with Crippen LogP contribution >= 0.6 is 11.8 Å². The van der Waals surface area contributed by atoms with Crippen LogP contribution in [0, 0.1) is 0 Å². The number of rotatable bonds is 7. The van der Waals surface area contributed by atoms with E-state index >= 15 is 0 Å². The molecule has 18 heavy (non-hydrogen) atoms. The molecule has 0 spiro atoms. The summed E-state index contributed by atoms with van der Waals surface area (Å²) in [7, 11) is 0. The smallest absolute Gasteiger partial charge is 0.0647 e. The lowest BCUT2D eigenvalue weighted by atomic mass is 10.2. The number of nitrogens with one attached hydrogen (secondary N) is 1. The maximum Gasteiger partial charge on any atom is 0.0647 e. The minimum absolute atomic E-state index is 1.04. The summed E-state index contributed by atoms with van der Waals surface area (Å²) >= 11 is 1.91. The molecule has 0 aliphatic heterocycles. The summed E-state index contributed by atoms with van der Waals surface area (Å²) in [5, 5.41) is 7.64. The van der Waals surface area contributed by atoms with Gasteiger partial charge in [0, 0.05) is 24.6 Å². The van der Waals surface area contributed by atoms with E-state index in [4.69, 9.17) is 0 Å². The van der Waals surface area contributed by atoms with Gasteiger partial charge in [0.25, 0.3) is 0 Å². The van der Waals surface area contributed by atoms with Crippen molar-refractivity contribution in [3.8, 4) is 5.69 Å². The zero-order valence-electron chi connectivity index (χ0n) is 10.7. The van der Waals surface area contributed by atoms with Crippen molar-refractivity contribution >= 4 is 17.4 Å². The SMILES string of the molecule is CSCCCCNc1ccc(-n2cccn2)cc1. The number of aromatic nitrogens is 2. The lowest BCUT2D eigenvalue weighted by Gasteiger charge is -2.07. The second-order valence-corrected chi connectivity index (χ2v) is 5.11. The first-order valence-electron chi connectivity index (χ1n) is 6.23. The van der Waals surface area contributed by atoms with Crippen molar-refractivity contribution in [2.24, 2.45) is 0 Å². The molecule has 0 aliphatic rings. The fourth-order valence-corrected chi connectivity index (χ4v) is 2.25. The summed E-state index contributed by atoms with van der Waals surface area (Å²) < 4.78 is 1.86. The highest BCUT2D eigenvalue weighted by atomic mass is 32.2. The van der Waals surface area contributed by atoms with Gasteiger partial charge in [-0.15, -0.1) is 0 Å². The number of benzene rings is 1. The van der Waals surface area contributed by atoms with E-state index in [2.05, 4.69) is 40.9 Å². The van der Waals surface area contributed by atoms with Crippen LogP contribution in [0.15, 0.2) is 42.7 Å². The molecule has 0 unspecified atom stereocenters. The molecular formula is C14H19N3S. The summed E-state index contributed by atoms with van der Waals surface area (Å²) in [6.45, 7) is 1.04. The molecular weight excluding hydrogens is 242 g/mol. The predicted molar refractivity (Wildman–Crippen MR) is 79.7 cm³/mol. The molecule has 0 fully saturated rings. The molecule has 0 aliphatic carbocycles. The van der Waals surface area contributed by atoms with E-state index in [-0.39, 0.29) is 0 Å². The molecule has 1 heterocycles. The second kappa shape index (κ2) is 7.11. The van der Waals surface area contributed by atoms with Gasteiger partial charge in [-0.2, -0.15) is 16.9 Å². The molecule has 0 saturated heterocycles. The highest BCUT2D eigenvalue weighted by Gasteiger charge is 1.96. The monoisotopic (exact) mass is 261 g/mol. The van der Waals surface area contributed by atoms with Crippen LogP contribution in [0.25, 0.3) is 5.69 Å². The number of hydrogen-bond donors (Lipinski definition) is 1. The molecule has 96 valence electrons. The van der Waals surface area contributed by atoms with E-state index < -0.39 is 0 Å². The maximum atomic E-state index is 4.21. The number of nitrogens with zero attached hydrogens (tertiary/aromatic N) is 2. The molecule has 0 radical (unpaired) electrons. The second-order valence-electron chi connectivity index (χ2n) is 4.12. The average molecular weight is 261 g/mol. The molecule has 1 aromatic carbocycles. The van der Waals surface area contributed by atoms with Crippen LogP contribution in [0.5, 0.6) is 0 Å². The summed E-state index contributed by atoms with van der Waals surface area (Å²) in [4.78, 5) is 0. The van der Waals surface area contributed by atoms with Gasteiger partial charge < -0.3 is 5.32 Å². The molecule has 4 heteroatoms. The highest BCUT2D eigenvalue weighted by Crippen LogP contribution is 2.12. The van der Waals surface area contributed by atoms with Crippen molar-refractivity contribution in [1.82, 2.24) is 9.78 Å². The Morgan fingerprint density at radius 3 is 2.72 bits per heavy atom. The van der Waals surface area contributed by atoms with Gasteiger partial charge in [-0.3, -0.25) is 0 Å². The molecule has 2 aromatic rings. The Morgan fingerprint density at radius 1 is 1.22 bits per heavy atom. The Morgan fingerprint density at radius 2 is 2.06 bits per heavy atom. The predicted octanol–water partition coefficient (Wildman–Crippen LogP) is 3.43. The molecule has 0 amide bonds. The third-order valence-electron chi connectivity index (χ3n) is 2.74. The van der Waals surface area contributed by atoms with E-state index in [1.165, 1.54) is 24.3 Å². The van der Waals surface area contributed by atoms with Gasteiger partial charge in [0.05, 0.1) is 5.69 Å². The normalized spacial score (nSPS) is 10.5. The van der Waals surface area contributed by atoms with Gasteiger partial charge in [0.1, 0.15) is 0 Å². The van der Waals surface area contributed by atoms with Crippen molar-refractivity contribution in [2.75, 3.05) is 23.9 Å². The first-order chi connectivity index (χ1) is 8.90. The maximum absolute atomic E-state index is 4.21. The summed E-state index contributed by atoms with van der Waals surface area (Å²) in [6, 6.07) is 10.3. The Balaban J connectivity index is 1.81. The van der Waals surface area contributed by atoms with E-state index in [0.717, 1.165) is 12.2 Å². The van der Waals surface area contributed by atoms with Gasteiger partial charge in [-0.1, -0.05) is 0 Å². The average Bonchev–Trinajstić information content (AvgIpc) is 2.93. The van der Waals surface area contributed by atoms with Crippen LogP contribution in [-0.4, -0.2) is 28.3 Å². The number of hydrogen-bond acceptors (Lipinski definition) is 3. The Labute approximate surface area is 113 Å². The minimum Gasteiger partial charge on any atom is -0.385 e. The van der Waals surface area contributed by atoms with Gasteiger partial charge >= 0.3 is 0 Å². The van der Waals surface area contributed by atoms with Gasteiger partial charge in [-0.25, -0.2) is 4.68 Å². The Kier molecular flexibility index (Phi) is 5.15. The van der Waals surface area contributed by atoms with Crippen LogP contribution in [0.4, 0.5) is 5.69 Å². The van der Waals surface area contributed by atoms with Crippen molar-refractivity contribution in [3.63, 3.8) is 0 Å². The van der Waals surface area contributed by atoms with Gasteiger partial charge in [0.2, 0.25) is 0 Å². The Hall–Kier alpha value is -1.42. The van der Waals surface area contributed by atoms with E-state index in [0.29, 0.717) is 0 Å². The minimum atomic E-state index is 1.04. The van der Waals surface area contributed by atoms with Crippen LogP contribution in [0.2, 0.25) is 0 Å². The number of thioether (sulfide) groups is 1. The molecule has 0 saturated carbocycles. The first kappa shape index (κ1) is 13.0. The molecule has 1 N–H and O–H groups in total. The summed E-state index contributed by atoms with van der Waals surface area (Å²) in [5.41, 5.74) is 2.27. The van der Waals surface area contributed by atoms with E-state index in [1.54, 1.807) is 6.20 Å². The lowest BCUT2D eigenvalue weighted by Crippen LogP contribution is -2.02. The zero-order chi connectivity index (χ0) is 12.6. The molecule has 2 rings (SSSR count). The quantitative estimate of drug-likeness (QED) is 0.774. The molecule has 3 nitrogen and oxygen atoms in total. The topological polar surface area (TPSA) is 29.9 Å². The number of unbranched alkanes of at least 4 members (excludes halogenated alkanes) is 1. The summed E-state index contributed by atoms with van der Waals surface area (Å²) in [5.74, 6) is 1.25. The Bertz CT molecular complexity index is 437. The van der Waals surface area contributed by atoms with Crippen molar-refractivity contribution in [2.45, 2.75) is 12.8 Å². The fraction of sp³-hybridized carbons (Fsp3) is 0.357. The molecule has 0 bridgehead atoms. The van der Waals surface area contributed by atoms with Crippen molar-refractivity contribution in [3.05, 3.63) is 42.7 Å². The van der Waals surface area contributed by atoms with Crippen LogP contribution in [0.1, 0.15) is 12.8 Å². The van der Waals surface area contributed by atoms with Crippen LogP contribution in [-0.2, 0) is 0 Å². The van der Waals surface area contributed by atoms with E-state index in [9.17, 15) is 0 Å². The lowest BCUT2D eigenvalue weighted by molar-refractivity contribution is 0.843. The van der Waals surface area contributed by atoms with Gasteiger partial charge in [0.15, 0.2) is 0 Å². The fourth-order valence-electron chi connectivity index (χ4n) is 1.76. The molecule has 1 aromatic heterocycles. The third kappa shape index (κ3) is 3.81.